The number of thioether (sulfide) groups is 1. The monoisotopic (exact) mass is 251 g/mol. The molecule has 0 aromatic heterocycles. The third kappa shape index (κ3) is 3.17. The van der Waals surface area contributed by atoms with E-state index in [1.165, 1.54) is 23.5 Å². The number of hydrogen-bond donors (Lipinski definition) is 1. The third-order valence-corrected chi connectivity index (χ3v) is 4.45. The van der Waals surface area contributed by atoms with E-state index >= 15 is 0 Å². The van der Waals surface area contributed by atoms with E-state index in [2.05, 4.69) is 24.4 Å². The summed E-state index contributed by atoms with van der Waals surface area (Å²) in [6.07, 6.45) is 2.39. The first-order valence-electron chi connectivity index (χ1n) is 6.31. The Hall–Kier alpha value is -0.670. The van der Waals surface area contributed by atoms with Crippen molar-refractivity contribution in [1.29, 1.82) is 0 Å². The molecule has 2 unspecified atom stereocenters. The minimum Gasteiger partial charge on any atom is -0.496 e. The van der Waals surface area contributed by atoms with Crippen molar-refractivity contribution in [3.8, 4) is 5.75 Å². The molecule has 2 atom stereocenters. The van der Waals surface area contributed by atoms with Gasteiger partial charge in [0.25, 0.3) is 0 Å². The van der Waals surface area contributed by atoms with Crippen LogP contribution in [0.2, 0.25) is 0 Å². The summed E-state index contributed by atoms with van der Waals surface area (Å²) in [6.45, 7) is 2.23. The summed E-state index contributed by atoms with van der Waals surface area (Å²) < 4.78 is 5.45. The molecule has 0 saturated carbocycles. The van der Waals surface area contributed by atoms with E-state index in [0.717, 1.165) is 12.2 Å². The van der Waals surface area contributed by atoms with Crippen LogP contribution in [0, 0.1) is 0 Å². The predicted molar refractivity (Wildman–Crippen MR) is 74.9 cm³/mol. The van der Waals surface area contributed by atoms with Crippen molar-refractivity contribution in [3.05, 3.63) is 29.8 Å². The maximum atomic E-state index is 5.45. The second kappa shape index (κ2) is 6.31. The van der Waals surface area contributed by atoms with Gasteiger partial charge in [0.1, 0.15) is 5.75 Å². The van der Waals surface area contributed by atoms with Crippen LogP contribution in [0.15, 0.2) is 24.3 Å². The van der Waals surface area contributed by atoms with E-state index in [-0.39, 0.29) is 0 Å². The highest BCUT2D eigenvalue weighted by molar-refractivity contribution is 7.99. The lowest BCUT2D eigenvalue weighted by Gasteiger charge is -2.23. The molecule has 1 aromatic carbocycles. The normalized spacial score (nSPS) is 21.4. The third-order valence-electron chi connectivity index (χ3n) is 3.29. The minimum atomic E-state index is 0.412. The van der Waals surface area contributed by atoms with Gasteiger partial charge in [0.15, 0.2) is 0 Å². The van der Waals surface area contributed by atoms with Gasteiger partial charge in [-0.05, 0) is 24.7 Å². The molecule has 0 aliphatic carbocycles. The van der Waals surface area contributed by atoms with Gasteiger partial charge in [0, 0.05) is 23.4 Å². The van der Waals surface area contributed by atoms with E-state index in [1.54, 1.807) is 7.11 Å². The molecule has 3 heteroatoms. The summed E-state index contributed by atoms with van der Waals surface area (Å²) in [5.74, 6) is 3.53. The minimum absolute atomic E-state index is 0.412. The number of hydrogen-bond acceptors (Lipinski definition) is 3. The first kappa shape index (κ1) is 12.8. The Bertz CT molecular complexity index is 350. The number of para-hydroxylation sites is 1. The maximum Gasteiger partial charge on any atom is 0.123 e. The van der Waals surface area contributed by atoms with E-state index in [0.29, 0.717) is 12.1 Å². The van der Waals surface area contributed by atoms with Gasteiger partial charge in [-0.15, -0.1) is 0 Å². The molecule has 17 heavy (non-hydrogen) atoms. The van der Waals surface area contributed by atoms with E-state index < -0.39 is 0 Å². The molecule has 0 spiro atoms. The fourth-order valence-corrected chi connectivity index (χ4v) is 3.50. The first-order valence-corrected chi connectivity index (χ1v) is 7.47. The molecule has 1 aromatic rings. The topological polar surface area (TPSA) is 21.3 Å². The van der Waals surface area contributed by atoms with Gasteiger partial charge < -0.3 is 10.1 Å². The van der Waals surface area contributed by atoms with Crippen LogP contribution in [0.3, 0.4) is 0 Å². The Balaban J connectivity index is 2.10. The average Bonchev–Trinajstić information content (AvgIpc) is 2.89. The number of ether oxygens (including phenoxy) is 1. The molecular formula is C14H21NOS. The molecular weight excluding hydrogens is 230 g/mol. The maximum absolute atomic E-state index is 5.45. The van der Waals surface area contributed by atoms with Crippen molar-refractivity contribution in [2.75, 3.05) is 18.6 Å². The van der Waals surface area contributed by atoms with Crippen molar-refractivity contribution >= 4 is 11.8 Å². The Morgan fingerprint density at radius 3 is 2.94 bits per heavy atom. The smallest absolute Gasteiger partial charge is 0.123 e. The Labute approximate surface area is 108 Å². The van der Waals surface area contributed by atoms with Crippen LogP contribution >= 0.6 is 11.8 Å². The lowest BCUT2D eigenvalue weighted by atomic mass is 10.0. The zero-order chi connectivity index (χ0) is 12.1. The van der Waals surface area contributed by atoms with E-state index in [4.69, 9.17) is 4.74 Å². The Kier molecular flexibility index (Phi) is 4.75. The average molecular weight is 251 g/mol. The fourth-order valence-electron chi connectivity index (χ4n) is 2.33. The number of rotatable bonds is 5. The summed E-state index contributed by atoms with van der Waals surface area (Å²) >= 11 is 2.05. The molecule has 1 heterocycles. The molecule has 1 aliphatic rings. The zero-order valence-electron chi connectivity index (χ0n) is 10.6. The van der Waals surface area contributed by atoms with Crippen LogP contribution in [0.5, 0.6) is 5.75 Å². The Morgan fingerprint density at radius 2 is 2.29 bits per heavy atom. The highest BCUT2D eigenvalue weighted by atomic mass is 32.2. The molecule has 94 valence electrons. The van der Waals surface area contributed by atoms with Crippen LogP contribution < -0.4 is 10.1 Å². The van der Waals surface area contributed by atoms with Crippen molar-refractivity contribution in [3.63, 3.8) is 0 Å². The summed E-state index contributed by atoms with van der Waals surface area (Å²) in [6, 6.07) is 9.40. The SMILES string of the molecule is CCC(NC1CCSC1)c1ccccc1OC. The van der Waals surface area contributed by atoms with Crippen molar-refractivity contribution in [2.45, 2.75) is 31.8 Å². The van der Waals surface area contributed by atoms with Crippen molar-refractivity contribution in [2.24, 2.45) is 0 Å². The molecule has 2 rings (SSSR count). The van der Waals surface area contributed by atoms with Crippen LogP contribution in [0.25, 0.3) is 0 Å². The van der Waals surface area contributed by atoms with Gasteiger partial charge in [0.05, 0.1) is 7.11 Å². The molecule has 1 aliphatic heterocycles. The zero-order valence-corrected chi connectivity index (χ0v) is 11.4. The van der Waals surface area contributed by atoms with Crippen LogP contribution in [0.1, 0.15) is 31.4 Å². The largest absolute Gasteiger partial charge is 0.496 e. The molecule has 1 N–H and O–H groups in total. The van der Waals surface area contributed by atoms with Gasteiger partial charge >= 0.3 is 0 Å². The lowest BCUT2D eigenvalue weighted by molar-refractivity contribution is 0.388. The lowest BCUT2D eigenvalue weighted by Crippen LogP contribution is -2.32. The highest BCUT2D eigenvalue weighted by Crippen LogP contribution is 2.29. The molecule has 0 radical (unpaired) electrons. The van der Waals surface area contributed by atoms with Crippen LogP contribution in [0.4, 0.5) is 0 Å². The molecule has 1 saturated heterocycles. The molecule has 0 amide bonds. The second-order valence-corrected chi connectivity index (χ2v) is 5.58. The quantitative estimate of drug-likeness (QED) is 0.868. The second-order valence-electron chi connectivity index (χ2n) is 4.43. The number of methoxy groups -OCH3 is 1. The van der Waals surface area contributed by atoms with Gasteiger partial charge in [-0.2, -0.15) is 11.8 Å². The summed E-state index contributed by atoms with van der Waals surface area (Å²) in [5.41, 5.74) is 1.29. The summed E-state index contributed by atoms with van der Waals surface area (Å²) in [5, 5.41) is 3.76. The van der Waals surface area contributed by atoms with Gasteiger partial charge in [0.2, 0.25) is 0 Å². The van der Waals surface area contributed by atoms with Crippen molar-refractivity contribution in [1.82, 2.24) is 5.32 Å². The molecule has 1 fully saturated rings. The van der Waals surface area contributed by atoms with Crippen LogP contribution in [-0.4, -0.2) is 24.7 Å². The van der Waals surface area contributed by atoms with Gasteiger partial charge in [-0.25, -0.2) is 0 Å². The van der Waals surface area contributed by atoms with E-state index in [1.807, 2.05) is 23.9 Å². The van der Waals surface area contributed by atoms with E-state index in [9.17, 15) is 0 Å². The molecule has 0 bridgehead atoms. The Morgan fingerprint density at radius 1 is 1.47 bits per heavy atom. The van der Waals surface area contributed by atoms with Gasteiger partial charge in [-0.3, -0.25) is 0 Å². The summed E-state index contributed by atoms with van der Waals surface area (Å²) in [4.78, 5) is 0. The predicted octanol–water partition coefficient (Wildman–Crippen LogP) is 3.24. The highest BCUT2D eigenvalue weighted by Gasteiger charge is 2.21. The first-order chi connectivity index (χ1) is 8.35. The molecule has 2 nitrogen and oxygen atoms in total. The fraction of sp³-hybridized carbons (Fsp3) is 0.571. The van der Waals surface area contributed by atoms with Crippen molar-refractivity contribution < 1.29 is 4.74 Å². The van der Waals surface area contributed by atoms with Crippen LogP contribution in [-0.2, 0) is 0 Å². The van der Waals surface area contributed by atoms with Gasteiger partial charge in [-0.1, -0.05) is 25.1 Å². The number of benzene rings is 1. The number of nitrogens with one attached hydrogen (secondary N) is 1. The summed E-state index contributed by atoms with van der Waals surface area (Å²) in [7, 11) is 1.75. The standard InChI is InChI=1S/C14H21NOS/c1-3-13(15-11-8-9-17-10-11)12-6-4-5-7-14(12)16-2/h4-7,11,13,15H,3,8-10H2,1-2H3.